The highest BCUT2D eigenvalue weighted by Crippen LogP contribution is 2.29. The van der Waals surface area contributed by atoms with Crippen molar-refractivity contribution in [3.8, 4) is 0 Å². The fourth-order valence-electron chi connectivity index (χ4n) is 2.55. The lowest BCUT2D eigenvalue weighted by Crippen LogP contribution is -2.26. The molecule has 0 radical (unpaired) electrons. The lowest BCUT2D eigenvalue weighted by atomic mass is 10.1. The molecule has 0 fully saturated rings. The van der Waals surface area contributed by atoms with E-state index in [4.69, 9.17) is 13.9 Å². The first kappa shape index (κ1) is 16.5. The van der Waals surface area contributed by atoms with Crippen LogP contribution in [0.25, 0.3) is 11.1 Å². The monoisotopic (exact) mass is 340 g/mol. The number of aryl methyl sites for hydroxylation is 1. The topological polar surface area (TPSA) is 81.9 Å². The predicted molar refractivity (Wildman–Crippen MR) is 90.6 cm³/mol. The molecule has 0 saturated heterocycles. The molecule has 2 aromatic rings. The lowest BCUT2D eigenvalue weighted by molar-refractivity contribution is -0.139. The number of allylic oxidation sites excluding steroid dienone is 2. The standard InChI is InChI=1S/C18H16N2O5/c1-11-19-14-10-12(7-8-15(14)25-11)20-9-5-4-6-13(17(21)23-2)16(20)18(22)24-3/h4-10H,1-3H3. The van der Waals surface area contributed by atoms with E-state index in [-0.39, 0.29) is 11.3 Å². The second-order valence-electron chi connectivity index (χ2n) is 5.20. The zero-order valence-corrected chi connectivity index (χ0v) is 14.0. The molecule has 2 heterocycles. The molecule has 1 aliphatic rings. The average Bonchev–Trinajstić information content (AvgIpc) is 2.85. The number of ether oxygens (including phenoxy) is 2. The quantitative estimate of drug-likeness (QED) is 0.794. The maximum Gasteiger partial charge on any atom is 0.355 e. The van der Waals surface area contributed by atoms with E-state index >= 15 is 0 Å². The number of rotatable bonds is 3. The Bertz CT molecular complexity index is 936. The fraction of sp³-hybridized carbons (Fsp3) is 0.167. The number of nitrogens with zero attached hydrogens (tertiary/aromatic N) is 2. The molecule has 0 bridgehead atoms. The zero-order chi connectivity index (χ0) is 18.0. The zero-order valence-electron chi connectivity index (χ0n) is 14.0. The molecule has 1 aromatic heterocycles. The minimum atomic E-state index is -0.659. The van der Waals surface area contributed by atoms with Gasteiger partial charge < -0.3 is 18.8 Å². The van der Waals surface area contributed by atoms with E-state index in [1.165, 1.54) is 20.3 Å². The van der Waals surface area contributed by atoms with E-state index < -0.39 is 11.9 Å². The summed E-state index contributed by atoms with van der Waals surface area (Å²) in [6, 6.07) is 5.28. The third-order valence-electron chi connectivity index (χ3n) is 3.65. The van der Waals surface area contributed by atoms with Crippen molar-refractivity contribution in [3.05, 3.63) is 59.8 Å². The van der Waals surface area contributed by atoms with Crippen molar-refractivity contribution in [1.82, 2.24) is 4.98 Å². The Morgan fingerprint density at radius 2 is 1.88 bits per heavy atom. The first-order valence-electron chi connectivity index (χ1n) is 7.47. The van der Waals surface area contributed by atoms with Crippen LogP contribution in [0.4, 0.5) is 5.69 Å². The predicted octanol–water partition coefficient (Wildman–Crippen LogP) is 2.63. The second kappa shape index (κ2) is 6.64. The van der Waals surface area contributed by atoms with Crippen molar-refractivity contribution >= 4 is 28.7 Å². The molecule has 0 aliphatic carbocycles. The van der Waals surface area contributed by atoms with Crippen molar-refractivity contribution in [2.75, 3.05) is 19.1 Å². The van der Waals surface area contributed by atoms with Gasteiger partial charge in [-0.1, -0.05) is 6.08 Å². The van der Waals surface area contributed by atoms with Gasteiger partial charge in [0, 0.05) is 18.8 Å². The van der Waals surface area contributed by atoms with Gasteiger partial charge in [0.1, 0.15) is 11.2 Å². The number of methoxy groups -OCH3 is 2. The number of fused-ring (bicyclic) bond motifs is 1. The number of aromatic nitrogens is 1. The van der Waals surface area contributed by atoms with Gasteiger partial charge in [-0.05, 0) is 30.4 Å². The van der Waals surface area contributed by atoms with Crippen LogP contribution >= 0.6 is 0 Å². The van der Waals surface area contributed by atoms with Crippen LogP contribution in [0.1, 0.15) is 5.89 Å². The highest BCUT2D eigenvalue weighted by molar-refractivity contribution is 6.05. The molecule has 0 unspecified atom stereocenters. The van der Waals surface area contributed by atoms with E-state index in [9.17, 15) is 9.59 Å². The van der Waals surface area contributed by atoms with E-state index in [2.05, 4.69) is 4.98 Å². The second-order valence-corrected chi connectivity index (χ2v) is 5.20. The van der Waals surface area contributed by atoms with Crippen molar-refractivity contribution in [2.45, 2.75) is 6.92 Å². The summed E-state index contributed by atoms with van der Waals surface area (Å²) < 4.78 is 15.1. The van der Waals surface area contributed by atoms with Crippen LogP contribution in [0.3, 0.4) is 0 Å². The fourth-order valence-corrected chi connectivity index (χ4v) is 2.55. The molecule has 25 heavy (non-hydrogen) atoms. The minimum Gasteiger partial charge on any atom is -0.465 e. The Kier molecular flexibility index (Phi) is 4.38. The summed E-state index contributed by atoms with van der Waals surface area (Å²) in [7, 11) is 2.51. The van der Waals surface area contributed by atoms with Gasteiger partial charge in [-0.25, -0.2) is 14.6 Å². The molecule has 7 nitrogen and oxygen atoms in total. The van der Waals surface area contributed by atoms with Gasteiger partial charge in [-0.3, -0.25) is 0 Å². The van der Waals surface area contributed by atoms with E-state index in [1.54, 1.807) is 48.4 Å². The summed E-state index contributed by atoms with van der Waals surface area (Å²) >= 11 is 0. The number of anilines is 1. The molecule has 0 atom stereocenters. The van der Waals surface area contributed by atoms with Gasteiger partial charge in [0.25, 0.3) is 0 Å². The van der Waals surface area contributed by atoms with Gasteiger partial charge in [0.15, 0.2) is 11.5 Å². The molecule has 0 spiro atoms. The molecule has 0 saturated carbocycles. The Labute approximate surface area is 143 Å². The van der Waals surface area contributed by atoms with Crippen LogP contribution in [0, 0.1) is 6.92 Å². The van der Waals surface area contributed by atoms with Crippen molar-refractivity contribution in [3.63, 3.8) is 0 Å². The molecular weight excluding hydrogens is 324 g/mol. The molecule has 3 rings (SSSR count). The van der Waals surface area contributed by atoms with E-state index in [0.29, 0.717) is 22.7 Å². The maximum absolute atomic E-state index is 12.4. The van der Waals surface area contributed by atoms with Crippen molar-refractivity contribution in [2.24, 2.45) is 0 Å². The third-order valence-corrected chi connectivity index (χ3v) is 3.65. The summed E-state index contributed by atoms with van der Waals surface area (Å²) in [5.74, 6) is -0.754. The highest BCUT2D eigenvalue weighted by atomic mass is 16.5. The largest absolute Gasteiger partial charge is 0.465 e. The Morgan fingerprint density at radius 3 is 2.60 bits per heavy atom. The number of hydrogen-bond acceptors (Lipinski definition) is 7. The first-order valence-corrected chi connectivity index (χ1v) is 7.47. The Hall–Kier alpha value is -3.35. The summed E-state index contributed by atoms with van der Waals surface area (Å²) in [5.41, 5.74) is 2.05. The average molecular weight is 340 g/mol. The van der Waals surface area contributed by atoms with Gasteiger partial charge >= 0.3 is 11.9 Å². The van der Waals surface area contributed by atoms with Crippen LogP contribution in [0.15, 0.2) is 58.3 Å². The van der Waals surface area contributed by atoms with Gasteiger partial charge in [0.05, 0.1) is 19.8 Å². The van der Waals surface area contributed by atoms with E-state index in [1.807, 2.05) is 0 Å². The molecular formula is C18H16N2O5. The Morgan fingerprint density at radius 1 is 1.12 bits per heavy atom. The number of esters is 2. The number of benzene rings is 1. The molecule has 0 N–H and O–H groups in total. The van der Waals surface area contributed by atoms with Crippen LogP contribution < -0.4 is 4.90 Å². The highest BCUT2D eigenvalue weighted by Gasteiger charge is 2.27. The summed E-state index contributed by atoms with van der Waals surface area (Å²) in [6.07, 6.45) is 6.52. The SMILES string of the molecule is COC(=O)C1=C(C(=O)OC)N(c2ccc3oc(C)nc3c2)C=CC=C1. The summed E-state index contributed by atoms with van der Waals surface area (Å²) in [4.78, 5) is 30.3. The molecule has 7 heteroatoms. The smallest absolute Gasteiger partial charge is 0.355 e. The van der Waals surface area contributed by atoms with Gasteiger partial charge in [-0.2, -0.15) is 0 Å². The third kappa shape index (κ3) is 3.03. The van der Waals surface area contributed by atoms with Gasteiger partial charge in [-0.15, -0.1) is 0 Å². The molecule has 128 valence electrons. The number of hydrogen-bond donors (Lipinski definition) is 0. The number of carbonyl (C=O) groups excluding carboxylic acids is 2. The van der Waals surface area contributed by atoms with E-state index in [0.717, 1.165) is 0 Å². The van der Waals surface area contributed by atoms with Crippen LogP contribution in [-0.2, 0) is 19.1 Å². The Balaban J connectivity index is 2.18. The summed E-state index contributed by atoms with van der Waals surface area (Å²) in [5, 5.41) is 0. The van der Waals surface area contributed by atoms with Crippen LogP contribution in [-0.4, -0.2) is 31.1 Å². The maximum atomic E-state index is 12.4. The molecule has 1 aliphatic heterocycles. The number of carbonyl (C=O) groups is 2. The first-order chi connectivity index (χ1) is 12.0. The molecule has 0 amide bonds. The van der Waals surface area contributed by atoms with Gasteiger partial charge in [0.2, 0.25) is 0 Å². The van der Waals surface area contributed by atoms with Crippen LogP contribution in [0.5, 0.6) is 0 Å². The van der Waals surface area contributed by atoms with Crippen molar-refractivity contribution < 1.29 is 23.5 Å². The van der Waals surface area contributed by atoms with Crippen molar-refractivity contribution in [1.29, 1.82) is 0 Å². The normalized spacial score (nSPS) is 14.0. The lowest BCUT2D eigenvalue weighted by Gasteiger charge is -2.22. The number of oxazole rings is 1. The minimum absolute atomic E-state index is 0.0546. The van der Waals surface area contributed by atoms with Crippen LogP contribution in [0.2, 0.25) is 0 Å². The molecule has 1 aromatic carbocycles. The summed E-state index contributed by atoms with van der Waals surface area (Å²) in [6.45, 7) is 1.75.